The molecule has 37 heavy (non-hydrogen) atoms. The van der Waals surface area contributed by atoms with Gasteiger partial charge in [-0.05, 0) is 91.9 Å². The monoisotopic (exact) mass is 523 g/mol. The van der Waals surface area contributed by atoms with E-state index in [1.165, 1.54) is 18.6 Å². The lowest BCUT2D eigenvalue weighted by molar-refractivity contribution is 0.169. The number of ether oxygens (including phenoxy) is 2. The van der Waals surface area contributed by atoms with Crippen molar-refractivity contribution < 1.29 is 24.1 Å². The Balaban J connectivity index is 1.44. The number of likely N-dealkylation sites (tertiary alicyclic amines) is 1. The van der Waals surface area contributed by atoms with Gasteiger partial charge in [-0.1, -0.05) is 30.7 Å². The Morgan fingerprint density at radius 1 is 1.14 bits per heavy atom. The molecule has 2 aliphatic rings. The van der Waals surface area contributed by atoms with Gasteiger partial charge in [-0.15, -0.1) is 0 Å². The van der Waals surface area contributed by atoms with Crippen LogP contribution in [0.15, 0.2) is 54.6 Å². The van der Waals surface area contributed by atoms with E-state index in [4.69, 9.17) is 21.1 Å². The summed E-state index contributed by atoms with van der Waals surface area (Å²) in [6.07, 6.45) is 0.657. The third kappa shape index (κ3) is 5.13. The van der Waals surface area contributed by atoms with Gasteiger partial charge in [0.1, 0.15) is 46.5 Å². The number of benzene rings is 3. The largest absolute Gasteiger partial charge is 0.508 e. The van der Waals surface area contributed by atoms with Crippen LogP contribution in [0.2, 0.25) is 5.02 Å². The van der Waals surface area contributed by atoms with Gasteiger partial charge in [0.05, 0.1) is 0 Å². The number of fused-ring (bicyclic) bond motifs is 1. The van der Waals surface area contributed by atoms with Crippen molar-refractivity contribution in [1.29, 1.82) is 0 Å². The van der Waals surface area contributed by atoms with E-state index in [0.717, 1.165) is 35.9 Å². The molecule has 7 heteroatoms. The molecule has 3 aromatic rings. The molecule has 2 N–H and O–H groups in total. The Labute approximate surface area is 221 Å². The average Bonchev–Trinajstić information content (AvgIpc) is 3.32. The van der Waals surface area contributed by atoms with Crippen LogP contribution >= 0.6 is 11.6 Å². The SMILES string of the molecule is CC1=C(c2cc(O)c(Cl)c(F)c2)C(c2ccc(OCC(C)N3CCC(C)C3)cc2)Oc2ccc(O)cc21. The van der Waals surface area contributed by atoms with Gasteiger partial charge in [0.25, 0.3) is 0 Å². The summed E-state index contributed by atoms with van der Waals surface area (Å²) in [7, 11) is 0. The summed E-state index contributed by atoms with van der Waals surface area (Å²) in [5.74, 6) is 1.14. The third-order valence-electron chi connectivity index (χ3n) is 7.35. The first kappa shape index (κ1) is 25.4. The van der Waals surface area contributed by atoms with Crippen LogP contribution in [0.1, 0.15) is 50.0 Å². The fourth-order valence-corrected chi connectivity index (χ4v) is 5.31. The summed E-state index contributed by atoms with van der Waals surface area (Å²) >= 11 is 5.88. The molecular weight excluding hydrogens is 493 g/mol. The van der Waals surface area contributed by atoms with Gasteiger partial charge in [-0.25, -0.2) is 4.39 Å². The van der Waals surface area contributed by atoms with E-state index in [9.17, 15) is 14.6 Å². The highest BCUT2D eigenvalue weighted by Gasteiger charge is 2.31. The number of hydrogen-bond acceptors (Lipinski definition) is 5. The molecule has 5 nitrogen and oxygen atoms in total. The third-order valence-corrected chi connectivity index (χ3v) is 7.73. The zero-order valence-electron chi connectivity index (χ0n) is 21.2. The molecule has 194 valence electrons. The molecule has 0 radical (unpaired) electrons. The van der Waals surface area contributed by atoms with Crippen molar-refractivity contribution in [2.75, 3.05) is 19.7 Å². The van der Waals surface area contributed by atoms with Crippen LogP contribution in [0.5, 0.6) is 23.0 Å². The fraction of sp³-hybridized carbons (Fsp3) is 0.333. The van der Waals surface area contributed by atoms with E-state index in [0.29, 0.717) is 35.1 Å². The zero-order valence-corrected chi connectivity index (χ0v) is 21.9. The summed E-state index contributed by atoms with van der Waals surface area (Å²) < 4.78 is 27.0. The maximum absolute atomic E-state index is 14.5. The molecule has 2 aliphatic heterocycles. The van der Waals surface area contributed by atoms with E-state index in [1.54, 1.807) is 18.2 Å². The van der Waals surface area contributed by atoms with Crippen molar-refractivity contribution in [3.63, 3.8) is 0 Å². The molecule has 0 aromatic heterocycles. The first-order chi connectivity index (χ1) is 17.7. The van der Waals surface area contributed by atoms with Gasteiger partial charge < -0.3 is 19.7 Å². The van der Waals surface area contributed by atoms with Gasteiger partial charge in [-0.3, -0.25) is 4.90 Å². The molecule has 0 spiro atoms. The maximum atomic E-state index is 14.5. The van der Waals surface area contributed by atoms with Crippen LogP contribution in [-0.4, -0.2) is 40.9 Å². The van der Waals surface area contributed by atoms with Crippen molar-refractivity contribution in [2.24, 2.45) is 5.92 Å². The number of phenols is 2. The maximum Gasteiger partial charge on any atom is 0.150 e. The molecule has 5 rings (SSSR count). The van der Waals surface area contributed by atoms with Crippen molar-refractivity contribution in [3.05, 3.63) is 82.1 Å². The topological polar surface area (TPSA) is 62.2 Å². The van der Waals surface area contributed by atoms with E-state index < -0.39 is 11.9 Å². The van der Waals surface area contributed by atoms with Crippen molar-refractivity contribution in [1.82, 2.24) is 4.90 Å². The van der Waals surface area contributed by atoms with E-state index in [2.05, 4.69) is 18.7 Å². The minimum absolute atomic E-state index is 0.101. The van der Waals surface area contributed by atoms with Crippen molar-refractivity contribution in [2.45, 2.75) is 39.3 Å². The van der Waals surface area contributed by atoms with Crippen LogP contribution in [-0.2, 0) is 0 Å². The molecule has 0 saturated carbocycles. The lowest BCUT2D eigenvalue weighted by Gasteiger charge is -2.31. The van der Waals surface area contributed by atoms with Gasteiger partial charge in [0.2, 0.25) is 0 Å². The first-order valence-electron chi connectivity index (χ1n) is 12.6. The van der Waals surface area contributed by atoms with Crippen LogP contribution < -0.4 is 9.47 Å². The van der Waals surface area contributed by atoms with E-state index >= 15 is 0 Å². The number of allylic oxidation sites excluding steroid dienone is 1. The van der Waals surface area contributed by atoms with Crippen LogP contribution in [0.3, 0.4) is 0 Å². The Bertz CT molecular complexity index is 1320. The number of phenolic OH excluding ortho intramolecular Hbond substituents is 2. The molecule has 1 saturated heterocycles. The molecule has 0 bridgehead atoms. The number of rotatable bonds is 6. The standard InChI is InChI=1S/C30H31ClFNO4/c1-17-10-11-33(15-17)18(2)16-36-23-7-4-20(5-8-23)30-28(21-12-25(32)29(31)26(35)13-21)19(3)24-14-22(34)6-9-27(24)37-30/h4-9,12-14,17-18,30,34-35H,10-11,15-16H2,1-3H3. The quantitative estimate of drug-likeness (QED) is 0.362. The van der Waals surface area contributed by atoms with Crippen molar-refractivity contribution in [3.8, 4) is 23.0 Å². The number of nitrogens with zero attached hydrogens (tertiary/aromatic N) is 1. The van der Waals surface area contributed by atoms with E-state index in [-0.39, 0.29) is 16.5 Å². The minimum atomic E-state index is -0.720. The normalized spacial score (nSPS) is 20.5. The summed E-state index contributed by atoms with van der Waals surface area (Å²) in [4.78, 5) is 2.46. The highest BCUT2D eigenvalue weighted by molar-refractivity contribution is 6.32. The predicted molar refractivity (Wildman–Crippen MR) is 144 cm³/mol. The zero-order chi connectivity index (χ0) is 26.3. The summed E-state index contributed by atoms with van der Waals surface area (Å²) in [6, 6.07) is 15.7. The van der Waals surface area contributed by atoms with E-state index in [1.807, 2.05) is 31.2 Å². The lowest BCUT2D eigenvalue weighted by Crippen LogP contribution is -2.35. The number of halogens is 2. The second-order valence-corrected chi connectivity index (χ2v) is 10.5. The molecular formula is C30H31ClFNO4. The Kier molecular flexibility index (Phi) is 7.06. The molecule has 1 fully saturated rings. The smallest absolute Gasteiger partial charge is 0.150 e. The van der Waals surface area contributed by atoms with Crippen LogP contribution in [0, 0.1) is 11.7 Å². The molecule has 0 amide bonds. The van der Waals surface area contributed by atoms with Crippen LogP contribution in [0.25, 0.3) is 11.1 Å². The predicted octanol–water partition coefficient (Wildman–Crippen LogP) is 7.06. The minimum Gasteiger partial charge on any atom is -0.508 e. The van der Waals surface area contributed by atoms with Crippen molar-refractivity contribution >= 4 is 22.7 Å². The molecule has 3 aromatic carbocycles. The summed E-state index contributed by atoms with van der Waals surface area (Å²) in [5, 5.41) is 20.0. The van der Waals surface area contributed by atoms with Gasteiger partial charge in [-0.2, -0.15) is 0 Å². The van der Waals surface area contributed by atoms with Gasteiger partial charge in [0, 0.05) is 23.7 Å². The summed E-state index contributed by atoms with van der Waals surface area (Å²) in [6.45, 7) is 9.19. The second kappa shape index (κ2) is 10.3. The molecule has 0 aliphatic carbocycles. The molecule has 2 heterocycles. The van der Waals surface area contributed by atoms with Crippen LogP contribution in [0.4, 0.5) is 4.39 Å². The first-order valence-corrected chi connectivity index (χ1v) is 12.9. The number of aromatic hydroxyl groups is 2. The Morgan fingerprint density at radius 3 is 2.57 bits per heavy atom. The van der Waals surface area contributed by atoms with Gasteiger partial charge in [0.15, 0.2) is 0 Å². The highest BCUT2D eigenvalue weighted by atomic mass is 35.5. The highest BCUT2D eigenvalue weighted by Crippen LogP contribution is 2.48. The molecule has 3 unspecified atom stereocenters. The molecule has 3 atom stereocenters. The summed E-state index contributed by atoms with van der Waals surface area (Å²) in [5.41, 5.74) is 3.47. The Hall–Kier alpha value is -3.22. The lowest BCUT2D eigenvalue weighted by atomic mass is 9.86. The number of hydrogen-bond donors (Lipinski definition) is 2. The van der Waals surface area contributed by atoms with Gasteiger partial charge >= 0.3 is 0 Å². The average molecular weight is 524 g/mol. The fourth-order valence-electron chi connectivity index (χ4n) is 5.20. The second-order valence-electron chi connectivity index (χ2n) is 10.1. The Morgan fingerprint density at radius 2 is 1.89 bits per heavy atom.